The first kappa shape index (κ1) is 13.6. The Morgan fingerprint density at radius 3 is 1.79 bits per heavy atom. The second-order valence-electron chi connectivity index (χ2n) is 3.49. The summed E-state index contributed by atoms with van der Waals surface area (Å²) >= 11 is 0. The van der Waals surface area contributed by atoms with E-state index >= 15 is 0 Å². The van der Waals surface area contributed by atoms with Gasteiger partial charge < -0.3 is 15.3 Å². The van der Waals surface area contributed by atoms with Crippen molar-refractivity contribution in [1.29, 1.82) is 0 Å². The molecule has 0 bridgehead atoms. The topological polar surface area (TPSA) is 60.7 Å². The smallest absolute Gasteiger partial charge is 0.0667 e. The van der Waals surface area contributed by atoms with Crippen LogP contribution in [-0.2, 0) is 0 Å². The van der Waals surface area contributed by atoms with Crippen molar-refractivity contribution in [2.24, 2.45) is 0 Å². The predicted octanol–water partition coefficient (Wildman–Crippen LogP) is 1.23. The lowest BCUT2D eigenvalue weighted by molar-refractivity contribution is 0.264. The molecule has 0 unspecified atom stereocenters. The summed E-state index contributed by atoms with van der Waals surface area (Å²) in [4.78, 5) is 0. The quantitative estimate of drug-likeness (QED) is 0.410. The van der Waals surface area contributed by atoms with Gasteiger partial charge in [0.05, 0.1) is 19.8 Å². The van der Waals surface area contributed by atoms with E-state index in [2.05, 4.69) is 6.92 Å². The third kappa shape index (κ3) is 5.37. The minimum Gasteiger partial charge on any atom is -0.392 e. The van der Waals surface area contributed by atoms with Crippen LogP contribution in [0.3, 0.4) is 0 Å². The Bertz CT molecular complexity index is 158. The standard InChI is InChI=1S/C11H22O3/c1-2-3-4-5-6-10(7-12)11(8-13)9-14/h12-14H,2-9H2,1H3. The highest BCUT2D eigenvalue weighted by Gasteiger charge is 2.03. The van der Waals surface area contributed by atoms with E-state index in [1.165, 1.54) is 12.8 Å². The largest absolute Gasteiger partial charge is 0.392 e. The molecular weight excluding hydrogens is 180 g/mol. The van der Waals surface area contributed by atoms with Crippen LogP contribution >= 0.6 is 0 Å². The van der Waals surface area contributed by atoms with Crippen LogP contribution in [0.15, 0.2) is 11.1 Å². The normalized spacial score (nSPS) is 10.3. The Kier molecular flexibility index (Phi) is 8.94. The van der Waals surface area contributed by atoms with Gasteiger partial charge in [0.2, 0.25) is 0 Å². The molecule has 0 saturated heterocycles. The maximum absolute atomic E-state index is 9.04. The lowest BCUT2D eigenvalue weighted by atomic mass is 10.0. The first-order valence-corrected chi connectivity index (χ1v) is 5.32. The Balaban J connectivity index is 3.94. The first-order chi connectivity index (χ1) is 6.79. The summed E-state index contributed by atoms with van der Waals surface area (Å²) in [5.74, 6) is 0. The Hall–Kier alpha value is -0.380. The van der Waals surface area contributed by atoms with E-state index in [0.29, 0.717) is 5.57 Å². The van der Waals surface area contributed by atoms with E-state index in [0.717, 1.165) is 24.8 Å². The van der Waals surface area contributed by atoms with Gasteiger partial charge in [0.25, 0.3) is 0 Å². The molecule has 3 N–H and O–H groups in total. The van der Waals surface area contributed by atoms with Gasteiger partial charge in [0.15, 0.2) is 0 Å². The molecule has 0 atom stereocenters. The SMILES string of the molecule is CCCCCCC(CO)=C(CO)CO. The summed E-state index contributed by atoms with van der Waals surface area (Å²) in [6.45, 7) is 1.79. The molecule has 0 amide bonds. The summed E-state index contributed by atoms with van der Waals surface area (Å²) in [5.41, 5.74) is 1.37. The molecule has 0 aromatic carbocycles. The second-order valence-corrected chi connectivity index (χ2v) is 3.49. The maximum atomic E-state index is 9.04. The molecule has 84 valence electrons. The average molecular weight is 202 g/mol. The molecule has 0 rings (SSSR count). The summed E-state index contributed by atoms with van der Waals surface area (Å²) in [5, 5.41) is 26.8. The van der Waals surface area contributed by atoms with Crippen molar-refractivity contribution in [2.75, 3.05) is 19.8 Å². The highest BCUT2D eigenvalue weighted by Crippen LogP contribution is 2.13. The molecule has 0 aliphatic heterocycles. The number of aliphatic hydroxyl groups excluding tert-OH is 3. The lowest BCUT2D eigenvalue weighted by Gasteiger charge is -2.09. The second kappa shape index (κ2) is 9.19. The van der Waals surface area contributed by atoms with Crippen LogP contribution in [0.5, 0.6) is 0 Å². The third-order valence-corrected chi connectivity index (χ3v) is 2.40. The zero-order chi connectivity index (χ0) is 10.8. The minimum absolute atomic E-state index is 0.0530. The van der Waals surface area contributed by atoms with Gasteiger partial charge in [-0.2, -0.15) is 0 Å². The van der Waals surface area contributed by atoms with Gasteiger partial charge in [-0.25, -0.2) is 0 Å². The van der Waals surface area contributed by atoms with E-state index in [9.17, 15) is 0 Å². The summed E-state index contributed by atoms with van der Waals surface area (Å²) in [6, 6.07) is 0. The number of hydrogen-bond acceptors (Lipinski definition) is 3. The fraction of sp³-hybridized carbons (Fsp3) is 0.818. The highest BCUT2D eigenvalue weighted by atomic mass is 16.3. The summed E-state index contributed by atoms with van der Waals surface area (Å²) < 4.78 is 0. The number of rotatable bonds is 8. The molecule has 0 aromatic rings. The van der Waals surface area contributed by atoms with Crippen LogP contribution in [0.25, 0.3) is 0 Å². The molecule has 0 heterocycles. The molecule has 0 radical (unpaired) electrons. The predicted molar refractivity (Wildman–Crippen MR) is 57.0 cm³/mol. The van der Waals surface area contributed by atoms with Crippen molar-refractivity contribution in [3.63, 3.8) is 0 Å². The number of aliphatic hydroxyl groups is 3. The van der Waals surface area contributed by atoms with Crippen molar-refractivity contribution >= 4 is 0 Å². The van der Waals surface area contributed by atoms with Gasteiger partial charge >= 0.3 is 0 Å². The molecule has 0 fully saturated rings. The fourth-order valence-corrected chi connectivity index (χ4v) is 1.41. The maximum Gasteiger partial charge on any atom is 0.0667 e. The van der Waals surface area contributed by atoms with Gasteiger partial charge in [-0.3, -0.25) is 0 Å². The van der Waals surface area contributed by atoms with Crippen molar-refractivity contribution < 1.29 is 15.3 Å². The Morgan fingerprint density at radius 2 is 1.36 bits per heavy atom. The van der Waals surface area contributed by atoms with Gasteiger partial charge in [-0.1, -0.05) is 26.2 Å². The van der Waals surface area contributed by atoms with Crippen LogP contribution in [0.1, 0.15) is 39.0 Å². The van der Waals surface area contributed by atoms with E-state index in [4.69, 9.17) is 15.3 Å². The fourth-order valence-electron chi connectivity index (χ4n) is 1.41. The van der Waals surface area contributed by atoms with Crippen LogP contribution in [0.2, 0.25) is 0 Å². The van der Waals surface area contributed by atoms with E-state index in [1.54, 1.807) is 0 Å². The Labute approximate surface area is 86.1 Å². The van der Waals surface area contributed by atoms with Crippen LogP contribution in [0, 0.1) is 0 Å². The van der Waals surface area contributed by atoms with Gasteiger partial charge in [-0.15, -0.1) is 0 Å². The minimum atomic E-state index is -0.153. The molecule has 14 heavy (non-hydrogen) atoms. The summed E-state index contributed by atoms with van der Waals surface area (Å²) in [7, 11) is 0. The van der Waals surface area contributed by atoms with E-state index in [1.807, 2.05) is 0 Å². The van der Waals surface area contributed by atoms with Crippen LogP contribution < -0.4 is 0 Å². The van der Waals surface area contributed by atoms with Crippen molar-refractivity contribution in [1.82, 2.24) is 0 Å². The molecule has 0 aliphatic carbocycles. The van der Waals surface area contributed by atoms with Crippen LogP contribution in [-0.4, -0.2) is 35.1 Å². The zero-order valence-electron chi connectivity index (χ0n) is 9.00. The average Bonchev–Trinajstić information content (AvgIpc) is 2.23. The monoisotopic (exact) mass is 202 g/mol. The van der Waals surface area contributed by atoms with E-state index < -0.39 is 0 Å². The van der Waals surface area contributed by atoms with Crippen molar-refractivity contribution in [3.05, 3.63) is 11.1 Å². The molecule has 0 spiro atoms. The van der Waals surface area contributed by atoms with Crippen LogP contribution in [0.4, 0.5) is 0 Å². The van der Waals surface area contributed by atoms with Gasteiger partial charge in [0, 0.05) is 0 Å². The first-order valence-electron chi connectivity index (χ1n) is 5.32. The van der Waals surface area contributed by atoms with Crippen molar-refractivity contribution in [3.8, 4) is 0 Å². The lowest BCUT2D eigenvalue weighted by Crippen LogP contribution is -2.05. The zero-order valence-corrected chi connectivity index (χ0v) is 9.00. The van der Waals surface area contributed by atoms with Crippen molar-refractivity contribution in [2.45, 2.75) is 39.0 Å². The van der Waals surface area contributed by atoms with E-state index in [-0.39, 0.29) is 19.8 Å². The molecular formula is C11H22O3. The summed E-state index contributed by atoms with van der Waals surface area (Å²) in [6.07, 6.45) is 5.33. The molecule has 3 nitrogen and oxygen atoms in total. The molecule has 0 saturated carbocycles. The van der Waals surface area contributed by atoms with Gasteiger partial charge in [0.1, 0.15) is 0 Å². The highest BCUT2D eigenvalue weighted by molar-refractivity contribution is 5.15. The Morgan fingerprint density at radius 1 is 0.786 bits per heavy atom. The van der Waals surface area contributed by atoms with Gasteiger partial charge in [-0.05, 0) is 24.0 Å². The number of unbranched alkanes of at least 4 members (excludes halogenated alkanes) is 3. The number of hydrogen-bond donors (Lipinski definition) is 3. The third-order valence-electron chi connectivity index (χ3n) is 2.40. The molecule has 0 aliphatic rings. The molecule has 0 aromatic heterocycles. The molecule has 3 heteroatoms.